The summed E-state index contributed by atoms with van der Waals surface area (Å²) in [6.45, 7) is 4.79. The number of carbonyl (C=O) groups is 3. The first-order chi connectivity index (χ1) is 11.4. The Kier molecular flexibility index (Phi) is 5.78. The van der Waals surface area contributed by atoms with Crippen LogP contribution in [0.2, 0.25) is 0 Å². The van der Waals surface area contributed by atoms with Crippen molar-refractivity contribution in [1.29, 1.82) is 0 Å². The van der Waals surface area contributed by atoms with Crippen LogP contribution in [-0.2, 0) is 16.1 Å². The van der Waals surface area contributed by atoms with Crippen molar-refractivity contribution in [3.63, 3.8) is 0 Å². The fourth-order valence-corrected chi connectivity index (χ4v) is 2.62. The molecule has 1 aliphatic rings. The van der Waals surface area contributed by atoms with E-state index in [1.165, 1.54) is 7.11 Å². The number of nitrogens with zero attached hydrogens (tertiary/aromatic N) is 1. The Bertz CT molecular complexity index is 613. The molecule has 0 aromatic heterocycles. The van der Waals surface area contributed by atoms with Crippen molar-refractivity contribution in [1.82, 2.24) is 15.5 Å². The highest BCUT2D eigenvalue weighted by atomic mass is 16.5. The SMILES string of the molecule is COC(=O)c1ccc(CNC(=O)NC2CC(=O)N(C(C)C)C2)cc1. The van der Waals surface area contributed by atoms with Gasteiger partial charge in [-0.2, -0.15) is 0 Å². The molecule has 24 heavy (non-hydrogen) atoms. The van der Waals surface area contributed by atoms with E-state index in [1.54, 1.807) is 29.2 Å². The molecular formula is C17H23N3O4. The van der Waals surface area contributed by atoms with Gasteiger partial charge in [0.1, 0.15) is 0 Å². The van der Waals surface area contributed by atoms with Gasteiger partial charge in [0.25, 0.3) is 0 Å². The molecule has 1 atom stereocenters. The first-order valence-electron chi connectivity index (χ1n) is 7.91. The molecule has 1 saturated heterocycles. The number of hydrogen-bond acceptors (Lipinski definition) is 4. The number of hydrogen-bond donors (Lipinski definition) is 2. The van der Waals surface area contributed by atoms with Crippen LogP contribution in [0.1, 0.15) is 36.2 Å². The Labute approximate surface area is 141 Å². The van der Waals surface area contributed by atoms with E-state index in [-0.39, 0.29) is 24.0 Å². The van der Waals surface area contributed by atoms with Gasteiger partial charge in [0.05, 0.1) is 18.7 Å². The molecule has 0 radical (unpaired) electrons. The maximum atomic E-state index is 12.0. The molecule has 1 unspecified atom stereocenters. The molecule has 0 aliphatic carbocycles. The van der Waals surface area contributed by atoms with Crippen LogP contribution in [0.3, 0.4) is 0 Å². The molecule has 1 aliphatic heterocycles. The maximum Gasteiger partial charge on any atom is 0.337 e. The van der Waals surface area contributed by atoms with Crippen LogP contribution in [0.5, 0.6) is 0 Å². The Balaban J connectivity index is 1.79. The van der Waals surface area contributed by atoms with E-state index in [4.69, 9.17) is 0 Å². The predicted octanol–water partition coefficient (Wildman–Crippen LogP) is 1.28. The molecule has 3 amide bonds. The van der Waals surface area contributed by atoms with Gasteiger partial charge in [-0.15, -0.1) is 0 Å². The molecule has 1 aromatic carbocycles. The van der Waals surface area contributed by atoms with E-state index in [0.717, 1.165) is 5.56 Å². The average molecular weight is 333 g/mol. The van der Waals surface area contributed by atoms with Gasteiger partial charge in [-0.3, -0.25) is 4.79 Å². The Morgan fingerprint density at radius 3 is 2.50 bits per heavy atom. The first kappa shape index (κ1) is 17.8. The van der Waals surface area contributed by atoms with E-state index < -0.39 is 5.97 Å². The molecule has 0 spiro atoms. The van der Waals surface area contributed by atoms with Gasteiger partial charge in [-0.25, -0.2) is 9.59 Å². The summed E-state index contributed by atoms with van der Waals surface area (Å²) in [4.78, 5) is 36.9. The number of ether oxygens (including phenoxy) is 1. The predicted molar refractivity (Wildman–Crippen MR) is 88.4 cm³/mol. The van der Waals surface area contributed by atoms with Crippen LogP contribution in [0.25, 0.3) is 0 Å². The smallest absolute Gasteiger partial charge is 0.337 e. The van der Waals surface area contributed by atoms with Crippen LogP contribution < -0.4 is 10.6 Å². The Morgan fingerprint density at radius 1 is 1.29 bits per heavy atom. The number of carbonyl (C=O) groups excluding carboxylic acids is 3. The van der Waals surface area contributed by atoms with Gasteiger partial charge in [0.2, 0.25) is 5.91 Å². The molecule has 1 fully saturated rings. The monoisotopic (exact) mass is 333 g/mol. The second-order valence-corrected chi connectivity index (χ2v) is 6.06. The van der Waals surface area contributed by atoms with Gasteiger partial charge < -0.3 is 20.3 Å². The zero-order chi connectivity index (χ0) is 17.7. The van der Waals surface area contributed by atoms with Crippen molar-refractivity contribution in [3.05, 3.63) is 35.4 Å². The van der Waals surface area contributed by atoms with Crippen molar-refractivity contribution in [3.8, 4) is 0 Å². The number of nitrogens with one attached hydrogen (secondary N) is 2. The van der Waals surface area contributed by atoms with Crippen molar-refractivity contribution in [2.45, 2.75) is 38.9 Å². The molecule has 0 bridgehead atoms. The minimum Gasteiger partial charge on any atom is -0.465 e. The van der Waals surface area contributed by atoms with Crippen molar-refractivity contribution in [2.75, 3.05) is 13.7 Å². The maximum absolute atomic E-state index is 12.0. The van der Waals surface area contributed by atoms with Gasteiger partial charge in [-0.05, 0) is 31.5 Å². The van der Waals surface area contributed by atoms with Gasteiger partial charge in [0, 0.05) is 25.6 Å². The highest BCUT2D eigenvalue weighted by Crippen LogP contribution is 2.14. The highest BCUT2D eigenvalue weighted by Gasteiger charge is 2.31. The van der Waals surface area contributed by atoms with Gasteiger partial charge >= 0.3 is 12.0 Å². The average Bonchev–Trinajstić information content (AvgIpc) is 2.93. The fraction of sp³-hybridized carbons (Fsp3) is 0.471. The van der Waals surface area contributed by atoms with Gasteiger partial charge in [0.15, 0.2) is 0 Å². The minimum absolute atomic E-state index is 0.0636. The minimum atomic E-state index is -0.396. The lowest BCUT2D eigenvalue weighted by molar-refractivity contribution is -0.129. The van der Waals surface area contributed by atoms with Crippen LogP contribution in [0, 0.1) is 0 Å². The summed E-state index contributed by atoms with van der Waals surface area (Å²) < 4.78 is 4.63. The molecule has 0 saturated carbocycles. The lowest BCUT2D eigenvalue weighted by Gasteiger charge is -2.21. The molecule has 1 heterocycles. The Hall–Kier alpha value is -2.57. The molecule has 2 rings (SSSR count). The van der Waals surface area contributed by atoms with Crippen LogP contribution in [-0.4, -0.2) is 48.5 Å². The number of methoxy groups -OCH3 is 1. The van der Waals surface area contributed by atoms with Crippen molar-refractivity contribution >= 4 is 17.9 Å². The van der Waals surface area contributed by atoms with Crippen LogP contribution in [0.4, 0.5) is 4.79 Å². The third-order valence-electron chi connectivity index (χ3n) is 3.95. The summed E-state index contributed by atoms with van der Waals surface area (Å²) in [6.07, 6.45) is 0.333. The quantitative estimate of drug-likeness (QED) is 0.795. The second kappa shape index (κ2) is 7.81. The van der Waals surface area contributed by atoms with Crippen molar-refractivity contribution < 1.29 is 19.1 Å². The molecule has 2 N–H and O–H groups in total. The van der Waals surface area contributed by atoms with Crippen LogP contribution >= 0.6 is 0 Å². The molecule has 1 aromatic rings. The van der Waals surface area contributed by atoms with Gasteiger partial charge in [-0.1, -0.05) is 12.1 Å². The summed E-state index contributed by atoms with van der Waals surface area (Å²) in [5.74, 6) is -0.332. The summed E-state index contributed by atoms with van der Waals surface area (Å²) in [6, 6.07) is 6.48. The lowest BCUT2D eigenvalue weighted by Crippen LogP contribution is -2.43. The third-order valence-corrected chi connectivity index (χ3v) is 3.95. The van der Waals surface area contributed by atoms with E-state index in [2.05, 4.69) is 15.4 Å². The molecule has 130 valence electrons. The van der Waals surface area contributed by atoms with E-state index in [1.807, 2.05) is 13.8 Å². The molecular weight excluding hydrogens is 310 g/mol. The number of amides is 3. The van der Waals surface area contributed by atoms with E-state index in [0.29, 0.717) is 25.1 Å². The number of likely N-dealkylation sites (tertiary alicyclic amines) is 1. The molecule has 7 heteroatoms. The van der Waals surface area contributed by atoms with E-state index in [9.17, 15) is 14.4 Å². The summed E-state index contributed by atoms with van der Waals surface area (Å²) in [5.41, 5.74) is 1.33. The molecule has 7 nitrogen and oxygen atoms in total. The topological polar surface area (TPSA) is 87.7 Å². The normalized spacial score (nSPS) is 17.1. The number of urea groups is 1. The second-order valence-electron chi connectivity index (χ2n) is 6.06. The lowest BCUT2D eigenvalue weighted by atomic mass is 10.1. The first-order valence-corrected chi connectivity index (χ1v) is 7.91. The van der Waals surface area contributed by atoms with Crippen LogP contribution in [0.15, 0.2) is 24.3 Å². The highest BCUT2D eigenvalue weighted by molar-refractivity contribution is 5.89. The fourth-order valence-electron chi connectivity index (χ4n) is 2.62. The summed E-state index contributed by atoms with van der Waals surface area (Å²) in [7, 11) is 1.33. The van der Waals surface area contributed by atoms with Crippen molar-refractivity contribution in [2.24, 2.45) is 0 Å². The van der Waals surface area contributed by atoms with E-state index >= 15 is 0 Å². The summed E-state index contributed by atoms with van der Waals surface area (Å²) in [5, 5.41) is 5.57. The summed E-state index contributed by atoms with van der Waals surface area (Å²) >= 11 is 0. The zero-order valence-electron chi connectivity index (χ0n) is 14.2. The number of esters is 1. The number of benzene rings is 1. The number of rotatable bonds is 5. The Morgan fingerprint density at radius 2 is 1.96 bits per heavy atom. The largest absolute Gasteiger partial charge is 0.465 e. The standard InChI is InChI=1S/C17H23N3O4/c1-11(2)20-10-14(8-15(20)21)19-17(23)18-9-12-4-6-13(7-5-12)16(22)24-3/h4-7,11,14H,8-10H2,1-3H3,(H2,18,19,23). The third kappa shape index (κ3) is 4.47. The zero-order valence-corrected chi connectivity index (χ0v) is 14.2.